The molecule has 0 unspecified atom stereocenters. The van der Waals surface area contributed by atoms with Crippen molar-refractivity contribution in [1.82, 2.24) is 24.8 Å². The predicted octanol–water partition coefficient (Wildman–Crippen LogP) is 3.53. The average molecular weight is 410 g/mol. The number of rotatable bonds is 4. The van der Waals surface area contributed by atoms with Gasteiger partial charge in [-0.25, -0.2) is 9.97 Å². The van der Waals surface area contributed by atoms with Gasteiger partial charge in [-0.15, -0.1) is 0 Å². The van der Waals surface area contributed by atoms with Crippen LogP contribution in [0.1, 0.15) is 10.5 Å². The number of pyridine rings is 2. The molecule has 0 aliphatic carbocycles. The quantitative estimate of drug-likeness (QED) is 0.713. The number of aliphatic imine (C=N–C) groups is 1. The summed E-state index contributed by atoms with van der Waals surface area (Å²) in [6, 6.07) is 7.38. The summed E-state index contributed by atoms with van der Waals surface area (Å²) in [6.45, 7) is 5.30. The molecule has 0 bridgehead atoms. The highest BCUT2D eigenvalue weighted by Gasteiger charge is 2.10. The number of hydrogen-bond acceptors (Lipinski definition) is 5. The molecular weight excluding hydrogens is 388 g/mol. The van der Waals surface area contributed by atoms with Crippen molar-refractivity contribution in [2.75, 3.05) is 13.6 Å². The maximum atomic E-state index is 11.7. The number of nitrogens with one attached hydrogen (secondary N) is 1. The standard InChI is InChI=1S/C24H22N6O/c1-17-5-3-11-26-12-4-6-18(13-17)15-30-16-28-21-10-9-20(29-23(21)30)19-7-8-22(27-14-19)24(31)25-2/h3-11,13-14,16H,1,12,15H2,2H3,(H,25,31)/b5-3-,6-4-,18-13+,26-11-. The largest absolute Gasteiger partial charge is 0.354 e. The fourth-order valence-electron chi connectivity index (χ4n) is 3.21. The molecule has 7 heteroatoms. The number of carbonyl (C=O) groups is 1. The van der Waals surface area contributed by atoms with Gasteiger partial charge >= 0.3 is 0 Å². The van der Waals surface area contributed by atoms with Crippen molar-refractivity contribution in [3.63, 3.8) is 0 Å². The van der Waals surface area contributed by atoms with Crippen LogP contribution in [-0.4, -0.2) is 45.2 Å². The number of aromatic nitrogens is 4. The van der Waals surface area contributed by atoms with E-state index in [1.54, 1.807) is 31.9 Å². The molecule has 7 nitrogen and oxygen atoms in total. The molecule has 0 saturated carbocycles. The number of hydrogen-bond donors (Lipinski definition) is 1. The number of carbonyl (C=O) groups excluding carboxylic acids is 1. The van der Waals surface area contributed by atoms with E-state index in [-0.39, 0.29) is 5.91 Å². The normalized spacial score (nSPS) is 18.7. The summed E-state index contributed by atoms with van der Waals surface area (Å²) in [6.07, 6.45) is 15.2. The highest BCUT2D eigenvalue weighted by atomic mass is 16.1. The van der Waals surface area contributed by atoms with Crippen LogP contribution in [0, 0.1) is 0 Å². The van der Waals surface area contributed by atoms with Crippen molar-refractivity contribution < 1.29 is 4.79 Å². The van der Waals surface area contributed by atoms with E-state index in [9.17, 15) is 4.79 Å². The summed E-state index contributed by atoms with van der Waals surface area (Å²) < 4.78 is 2.01. The molecule has 3 aromatic rings. The Kier molecular flexibility index (Phi) is 5.93. The maximum absolute atomic E-state index is 11.7. The van der Waals surface area contributed by atoms with Crippen molar-refractivity contribution >= 4 is 23.3 Å². The van der Waals surface area contributed by atoms with Gasteiger partial charge in [-0.1, -0.05) is 30.9 Å². The number of fused-ring (bicyclic) bond motifs is 1. The molecule has 0 fully saturated rings. The SMILES string of the molecule is C=C1/C=C\C=N/C/C=C\C(Cn2cnc3ccc(-c4ccc(C(=O)NC)nc4)nc32)=C/1. The lowest BCUT2D eigenvalue weighted by atomic mass is 10.1. The topological polar surface area (TPSA) is 85.1 Å². The molecule has 1 aliphatic heterocycles. The lowest BCUT2D eigenvalue weighted by molar-refractivity contribution is 0.0958. The smallest absolute Gasteiger partial charge is 0.269 e. The summed E-state index contributed by atoms with van der Waals surface area (Å²) in [5.41, 5.74) is 5.53. The van der Waals surface area contributed by atoms with Crippen molar-refractivity contribution in [1.29, 1.82) is 0 Å². The van der Waals surface area contributed by atoms with Crippen LogP contribution < -0.4 is 5.32 Å². The molecule has 4 heterocycles. The third-order valence-corrected chi connectivity index (χ3v) is 4.75. The zero-order chi connectivity index (χ0) is 21.6. The number of imidazole rings is 1. The summed E-state index contributed by atoms with van der Waals surface area (Å²) >= 11 is 0. The highest BCUT2D eigenvalue weighted by Crippen LogP contribution is 2.21. The lowest BCUT2D eigenvalue weighted by Gasteiger charge is -2.08. The molecular formula is C24H22N6O. The third-order valence-electron chi connectivity index (χ3n) is 4.75. The van der Waals surface area contributed by atoms with Crippen molar-refractivity contribution in [3.05, 3.63) is 90.6 Å². The number of allylic oxidation sites excluding steroid dienone is 6. The molecule has 0 aromatic carbocycles. The van der Waals surface area contributed by atoms with E-state index in [4.69, 9.17) is 4.98 Å². The first-order valence-electron chi connectivity index (χ1n) is 9.87. The van der Waals surface area contributed by atoms with Gasteiger partial charge in [0.25, 0.3) is 5.91 Å². The first-order chi connectivity index (χ1) is 15.1. The van der Waals surface area contributed by atoms with Gasteiger partial charge in [0, 0.05) is 25.0 Å². The fourth-order valence-corrected chi connectivity index (χ4v) is 3.21. The average Bonchev–Trinajstić information content (AvgIpc) is 3.20. The predicted molar refractivity (Wildman–Crippen MR) is 123 cm³/mol. The first-order valence-corrected chi connectivity index (χ1v) is 9.87. The fraction of sp³-hybridized carbons (Fsp3) is 0.125. The Morgan fingerprint density at radius 2 is 2.10 bits per heavy atom. The Balaban J connectivity index is 1.65. The van der Waals surface area contributed by atoms with E-state index in [2.05, 4.69) is 32.9 Å². The third kappa shape index (κ3) is 4.72. The van der Waals surface area contributed by atoms with Crippen LogP contribution in [-0.2, 0) is 6.54 Å². The molecule has 1 aliphatic rings. The summed E-state index contributed by atoms with van der Waals surface area (Å²) in [7, 11) is 1.58. The van der Waals surface area contributed by atoms with Gasteiger partial charge in [0.05, 0.1) is 25.1 Å². The second-order valence-corrected chi connectivity index (χ2v) is 6.99. The van der Waals surface area contributed by atoms with Crippen LogP contribution in [0.4, 0.5) is 0 Å². The van der Waals surface area contributed by atoms with E-state index < -0.39 is 0 Å². The Labute approximate surface area is 180 Å². The van der Waals surface area contributed by atoms with Crippen LogP contribution in [0.15, 0.2) is 89.9 Å². The van der Waals surface area contributed by atoms with Gasteiger partial charge in [0.2, 0.25) is 0 Å². The van der Waals surface area contributed by atoms with E-state index >= 15 is 0 Å². The second kappa shape index (κ2) is 9.13. The zero-order valence-electron chi connectivity index (χ0n) is 17.2. The van der Waals surface area contributed by atoms with Crippen LogP contribution in [0.5, 0.6) is 0 Å². The van der Waals surface area contributed by atoms with Gasteiger partial charge in [-0.05, 0) is 41.5 Å². The van der Waals surface area contributed by atoms with Crippen LogP contribution in [0.3, 0.4) is 0 Å². The Morgan fingerprint density at radius 1 is 1.19 bits per heavy atom. The molecule has 154 valence electrons. The van der Waals surface area contributed by atoms with Gasteiger partial charge in [-0.2, -0.15) is 0 Å². The molecule has 0 spiro atoms. The van der Waals surface area contributed by atoms with Gasteiger partial charge < -0.3 is 9.88 Å². The molecule has 0 atom stereocenters. The number of amides is 1. The molecule has 1 N–H and O–H groups in total. The Hall–Kier alpha value is -4.13. The zero-order valence-corrected chi connectivity index (χ0v) is 17.2. The van der Waals surface area contributed by atoms with Crippen LogP contribution >= 0.6 is 0 Å². The molecule has 0 radical (unpaired) electrons. The maximum Gasteiger partial charge on any atom is 0.269 e. The molecule has 31 heavy (non-hydrogen) atoms. The minimum Gasteiger partial charge on any atom is -0.354 e. The van der Waals surface area contributed by atoms with Crippen LogP contribution in [0.2, 0.25) is 0 Å². The molecule has 3 aromatic heterocycles. The summed E-state index contributed by atoms with van der Waals surface area (Å²) in [5, 5.41) is 2.57. The van der Waals surface area contributed by atoms with Crippen molar-refractivity contribution in [2.24, 2.45) is 4.99 Å². The number of nitrogens with zero attached hydrogens (tertiary/aromatic N) is 5. The van der Waals surface area contributed by atoms with E-state index in [1.165, 1.54) is 0 Å². The molecule has 0 saturated heterocycles. The Morgan fingerprint density at radius 3 is 2.90 bits per heavy atom. The van der Waals surface area contributed by atoms with Gasteiger partial charge in [0.1, 0.15) is 11.2 Å². The molecule has 4 rings (SSSR count). The highest BCUT2D eigenvalue weighted by molar-refractivity contribution is 5.92. The van der Waals surface area contributed by atoms with Gasteiger partial charge in [0.15, 0.2) is 5.65 Å². The van der Waals surface area contributed by atoms with Crippen LogP contribution in [0.25, 0.3) is 22.4 Å². The van der Waals surface area contributed by atoms with Crippen molar-refractivity contribution in [3.8, 4) is 11.3 Å². The first kappa shape index (κ1) is 20.2. The summed E-state index contributed by atoms with van der Waals surface area (Å²) in [4.78, 5) is 29.5. The minimum absolute atomic E-state index is 0.220. The Bertz CT molecular complexity index is 1240. The van der Waals surface area contributed by atoms with E-state index in [0.717, 1.165) is 33.6 Å². The van der Waals surface area contributed by atoms with Crippen molar-refractivity contribution in [2.45, 2.75) is 6.54 Å². The monoisotopic (exact) mass is 410 g/mol. The van der Waals surface area contributed by atoms with E-state index in [1.807, 2.05) is 47.1 Å². The second-order valence-electron chi connectivity index (χ2n) is 6.99. The summed E-state index contributed by atoms with van der Waals surface area (Å²) in [5.74, 6) is -0.220. The van der Waals surface area contributed by atoms with Gasteiger partial charge in [-0.3, -0.25) is 14.8 Å². The minimum atomic E-state index is -0.220. The lowest BCUT2D eigenvalue weighted by Crippen LogP contribution is -2.18. The molecule has 1 amide bonds. The van der Waals surface area contributed by atoms with E-state index in [0.29, 0.717) is 18.8 Å².